The number of aromatic nitrogens is 1. The number of amides is 1. The second kappa shape index (κ2) is 6.87. The first-order chi connectivity index (χ1) is 9.51. The topological polar surface area (TPSA) is 42.0 Å². The minimum atomic E-state index is -0.174. The fourth-order valence-electron chi connectivity index (χ4n) is 1.87. The Kier molecular flexibility index (Phi) is 5.41. The molecule has 108 valence electrons. The summed E-state index contributed by atoms with van der Waals surface area (Å²) in [6.07, 6.45) is 2.92. The number of nitrogens with zero attached hydrogens (tertiary/aromatic N) is 1. The minimum absolute atomic E-state index is 0.0506. The van der Waals surface area contributed by atoms with Crippen molar-refractivity contribution in [1.29, 1.82) is 0 Å². The van der Waals surface area contributed by atoms with E-state index < -0.39 is 0 Å². The van der Waals surface area contributed by atoms with Crippen LogP contribution < -0.4 is 5.32 Å². The monoisotopic (exact) mass is 374 g/mol. The molecule has 0 aliphatic carbocycles. The summed E-state index contributed by atoms with van der Waals surface area (Å²) >= 11 is 11.0. The zero-order chi connectivity index (χ0) is 14.7. The Morgan fingerprint density at radius 2 is 2.30 bits per heavy atom. The summed E-state index contributed by atoms with van der Waals surface area (Å²) in [5, 5.41) is 4.07. The SMILES string of the molecule is CCCC[C@H](Br)C(=O)Nc1nc2c(Cl)cc(C)cc2s1. The van der Waals surface area contributed by atoms with Gasteiger partial charge in [-0.3, -0.25) is 4.79 Å². The van der Waals surface area contributed by atoms with Crippen molar-refractivity contribution in [3.8, 4) is 0 Å². The van der Waals surface area contributed by atoms with Gasteiger partial charge < -0.3 is 5.32 Å². The van der Waals surface area contributed by atoms with E-state index in [1.807, 2.05) is 19.1 Å². The highest BCUT2D eigenvalue weighted by molar-refractivity contribution is 9.10. The fraction of sp³-hybridized carbons (Fsp3) is 0.429. The smallest absolute Gasteiger partial charge is 0.239 e. The Bertz CT molecular complexity index is 629. The Morgan fingerprint density at radius 3 is 3.00 bits per heavy atom. The molecule has 0 saturated heterocycles. The molecule has 6 heteroatoms. The number of rotatable bonds is 5. The van der Waals surface area contributed by atoms with Crippen LogP contribution in [-0.4, -0.2) is 15.7 Å². The third-order valence-corrected chi connectivity index (χ3v) is 5.00. The van der Waals surface area contributed by atoms with Crippen molar-refractivity contribution in [2.75, 3.05) is 5.32 Å². The molecule has 0 aliphatic rings. The van der Waals surface area contributed by atoms with E-state index in [4.69, 9.17) is 11.6 Å². The van der Waals surface area contributed by atoms with Crippen LogP contribution in [-0.2, 0) is 4.79 Å². The maximum absolute atomic E-state index is 12.0. The van der Waals surface area contributed by atoms with Crippen LogP contribution in [0.3, 0.4) is 0 Å². The molecule has 1 N–H and O–H groups in total. The lowest BCUT2D eigenvalue weighted by Crippen LogP contribution is -2.22. The lowest BCUT2D eigenvalue weighted by atomic mass is 10.2. The molecule has 0 unspecified atom stereocenters. The third-order valence-electron chi connectivity index (χ3n) is 2.92. The number of thiazole rings is 1. The van der Waals surface area contributed by atoms with E-state index in [0.29, 0.717) is 10.2 Å². The minimum Gasteiger partial charge on any atom is -0.301 e. The van der Waals surface area contributed by atoms with Gasteiger partial charge in [-0.2, -0.15) is 0 Å². The van der Waals surface area contributed by atoms with Gasteiger partial charge in [0.2, 0.25) is 5.91 Å². The van der Waals surface area contributed by atoms with Crippen LogP contribution in [0.25, 0.3) is 10.2 Å². The number of hydrogen-bond donors (Lipinski definition) is 1. The second-order valence-electron chi connectivity index (χ2n) is 4.71. The van der Waals surface area contributed by atoms with Crippen LogP contribution in [0.1, 0.15) is 31.7 Å². The van der Waals surface area contributed by atoms with Crippen LogP contribution in [0.2, 0.25) is 5.02 Å². The predicted octanol–water partition coefficient (Wildman–Crippen LogP) is 5.15. The van der Waals surface area contributed by atoms with E-state index in [9.17, 15) is 4.79 Å². The second-order valence-corrected chi connectivity index (χ2v) is 7.25. The summed E-state index contributed by atoms with van der Waals surface area (Å²) in [7, 11) is 0. The number of halogens is 2. The fourth-order valence-corrected chi connectivity index (χ4v) is 3.67. The van der Waals surface area contributed by atoms with Gasteiger partial charge in [0.05, 0.1) is 14.5 Å². The standard InChI is InChI=1S/C14H16BrClN2OS/c1-3-4-5-9(15)13(19)18-14-17-12-10(16)6-8(2)7-11(12)20-14/h6-7,9H,3-5H2,1-2H3,(H,17,18,19)/t9-/m0/s1. The molecule has 0 aliphatic heterocycles. The highest BCUT2D eigenvalue weighted by atomic mass is 79.9. The molecule has 20 heavy (non-hydrogen) atoms. The molecule has 0 bridgehead atoms. The number of carbonyl (C=O) groups is 1. The Hall–Kier alpha value is -0.650. The maximum atomic E-state index is 12.0. The van der Waals surface area contributed by atoms with Gasteiger partial charge in [-0.25, -0.2) is 4.98 Å². The van der Waals surface area contributed by atoms with Gasteiger partial charge in [0, 0.05) is 0 Å². The number of alkyl halides is 1. The molecule has 0 spiro atoms. The van der Waals surface area contributed by atoms with Gasteiger partial charge in [0.15, 0.2) is 5.13 Å². The van der Waals surface area contributed by atoms with E-state index in [1.165, 1.54) is 11.3 Å². The van der Waals surface area contributed by atoms with Crippen molar-refractivity contribution in [2.45, 2.75) is 37.9 Å². The zero-order valence-electron chi connectivity index (χ0n) is 11.4. The number of benzene rings is 1. The van der Waals surface area contributed by atoms with Gasteiger partial charge in [-0.15, -0.1) is 0 Å². The van der Waals surface area contributed by atoms with Crippen LogP contribution in [0.4, 0.5) is 5.13 Å². The summed E-state index contributed by atoms with van der Waals surface area (Å²) in [6, 6.07) is 3.90. The van der Waals surface area contributed by atoms with Gasteiger partial charge in [-0.1, -0.05) is 58.6 Å². The van der Waals surface area contributed by atoms with Crippen molar-refractivity contribution in [1.82, 2.24) is 4.98 Å². The highest BCUT2D eigenvalue weighted by Gasteiger charge is 2.16. The van der Waals surface area contributed by atoms with Crippen molar-refractivity contribution in [3.05, 3.63) is 22.7 Å². The van der Waals surface area contributed by atoms with E-state index in [1.54, 1.807) is 0 Å². The third kappa shape index (κ3) is 3.71. The summed E-state index contributed by atoms with van der Waals surface area (Å²) in [5.74, 6) is -0.0506. The van der Waals surface area contributed by atoms with Gasteiger partial charge in [0.25, 0.3) is 0 Å². The lowest BCUT2D eigenvalue weighted by Gasteiger charge is -2.07. The normalized spacial score (nSPS) is 12.6. The number of nitrogens with one attached hydrogen (secondary N) is 1. The summed E-state index contributed by atoms with van der Waals surface area (Å²) < 4.78 is 0.991. The van der Waals surface area contributed by atoms with Crippen molar-refractivity contribution >= 4 is 60.1 Å². The quantitative estimate of drug-likeness (QED) is 0.734. The predicted molar refractivity (Wildman–Crippen MR) is 90.2 cm³/mol. The average Bonchev–Trinajstić information content (AvgIpc) is 2.78. The Balaban J connectivity index is 2.14. The molecule has 1 atom stereocenters. The average molecular weight is 376 g/mol. The van der Waals surface area contributed by atoms with Gasteiger partial charge in [0.1, 0.15) is 5.52 Å². The molecule has 1 aromatic carbocycles. The zero-order valence-corrected chi connectivity index (χ0v) is 14.5. The number of anilines is 1. The molecule has 1 amide bonds. The number of unbranched alkanes of at least 4 members (excludes halogenated alkanes) is 1. The van der Waals surface area contributed by atoms with E-state index in [-0.39, 0.29) is 10.7 Å². The van der Waals surface area contributed by atoms with E-state index in [2.05, 4.69) is 33.2 Å². The molecular weight excluding hydrogens is 360 g/mol. The largest absolute Gasteiger partial charge is 0.301 e. The Morgan fingerprint density at radius 1 is 1.55 bits per heavy atom. The number of fused-ring (bicyclic) bond motifs is 1. The van der Waals surface area contributed by atoms with Crippen molar-refractivity contribution in [2.24, 2.45) is 0 Å². The summed E-state index contributed by atoms with van der Waals surface area (Å²) in [5.41, 5.74) is 1.84. The summed E-state index contributed by atoms with van der Waals surface area (Å²) in [4.78, 5) is 16.2. The van der Waals surface area contributed by atoms with E-state index in [0.717, 1.165) is 35.0 Å². The molecule has 2 rings (SSSR count). The van der Waals surface area contributed by atoms with Crippen LogP contribution >= 0.6 is 38.9 Å². The molecule has 3 nitrogen and oxygen atoms in total. The molecule has 1 aromatic heterocycles. The molecule has 0 fully saturated rings. The molecule has 0 saturated carbocycles. The first-order valence-electron chi connectivity index (χ1n) is 6.53. The van der Waals surface area contributed by atoms with Crippen LogP contribution in [0.15, 0.2) is 12.1 Å². The first kappa shape index (κ1) is 15.7. The maximum Gasteiger partial charge on any atom is 0.239 e. The number of aryl methyl sites for hydroxylation is 1. The summed E-state index contributed by atoms with van der Waals surface area (Å²) in [6.45, 7) is 4.10. The number of carbonyl (C=O) groups excluding carboxylic acids is 1. The highest BCUT2D eigenvalue weighted by Crippen LogP contribution is 2.32. The molecule has 0 radical (unpaired) electrons. The van der Waals surface area contributed by atoms with Crippen molar-refractivity contribution in [3.63, 3.8) is 0 Å². The van der Waals surface area contributed by atoms with Gasteiger partial charge in [-0.05, 0) is 31.0 Å². The van der Waals surface area contributed by atoms with E-state index >= 15 is 0 Å². The van der Waals surface area contributed by atoms with Crippen LogP contribution in [0, 0.1) is 6.92 Å². The molecular formula is C14H16BrClN2OS. The van der Waals surface area contributed by atoms with Gasteiger partial charge >= 0.3 is 0 Å². The number of hydrogen-bond acceptors (Lipinski definition) is 3. The van der Waals surface area contributed by atoms with Crippen molar-refractivity contribution < 1.29 is 4.79 Å². The Labute approximate surface area is 135 Å². The lowest BCUT2D eigenvalue weighted by molar-refractivity contribution is -0.115. The first-order valence-corrected chi connectivity index (χ1v) is 8.64. The molecule has 2 aromatic rings. The van der Waals surface area contributed by atoms with Crippen LogP contribution in [0.5, 0.6) is 0 Å². The molecule has 1 heterocycles.